The zero-order valence-electron chi connectivity index (χ0n) is 22.6. The van der Waals surface area contributed by atoms with Gasteiger partial charge in [-0.25, -0.2) is 0 Å². The lowest BCUT2D eigenvalue weighted by Gasteiger charge is -2.29. The van der Waals surface area contributed by atoms with Crippen molar-refractivity contribution in [2.45, 2.75) is 26.5 Å². The number of fused-ring (bicyclic) bond motifs is 1. The fourth-order valence-corrected chi connectivity index (χ4v) is 6.34. The van der Waals surface area contributed by atoms with E-state index in [1.54, 1.807) is 35.2 Å². The maximum atomic E-state index is 13.2. The number of nitrogens with zero attached hydrogens (tertiary/aromatic N) is 3. The summed E-state index contributed by atoms with van der Waals surface area (Å²) in [5.41, 5.74) is 3.50. The Balaban J connectivity index is 1.29. The molecular formula is C30H26IN3O7S. The van der Waals surface area contributed by atoms with Crippen LogP contribution in [-0.4, -0.2) is 51.5 Å². The quantitative estimate of drug-likeness (QED) is 0.119. The van der Waals surface area contributed by atoms with Gasteiger partial charge in [0.1, 0.15) is 13.2 Å². The molecule has 3 aromatic rings. The number of nitro groups is 1. The summed E-state index contributed by atoms with van der Waals surface area (Å²) in [6, 6.07) is 17.6. The largest absolute Gasteiger partial charge is 0.490 e. The number of amides is 3. The molecule has 0 atom stereocenters. The third-order valence-electron chi connectivity index (χ3n) is 6.78. The van der Waals surface area contributed by atoms with Gasteiger partial charge in [0.05, 0.1) is 20.0 Å². The Morgan fingerprint density at radius 1 is 1.10 bits per heavy atom. The second kappa shape index (κ2) is 12.9. The van der Waals surface area contributed by atoms with Crippen molar-refractivity contribution in [2.75, 3.05) is 19.7 Å². The van der Waals surface area contributed by atoms with E-state index in [1.165, 1.54) is 17.7 Å². The number of halogens is 1. The van der Waals surface area contributed by atoms with Crippen LogP contribution in [0.4, 0.5) is 10.5 Å². The molecule has 1 fully saturated rings. The summed E-state index contributed by atoms with van der Waals surface area (Å²) >= 11 is 2.88. The summed E-state index contributed by atoms with van der Waals surface area (Å²) in [5.74, 6) is 0.102. The fraction of sp³-hybridized carbons (Fsp3) is 0.233. The molecule has 0 unspecified atom stereocenters. The molecule has 2 heterocycles. The molecule has 0 spiro atoms. The Hall–Kier alpha value is -3.91. The standard InChI is InChI=1S/C30H26IN3O7S/c1-2-40-25-14-20(13-24(31)28(25)41-18-19-6-5-9-23(12-19)34(38)39)15-26-29(36)33(30(37)42-26)17-27(35)32-11-10-21-7-3-4-8-22(21)16-32/h3-9,12-15H,2,10-11,16-18H2,1H3/b26-15-. The number of ether oxygens (including phenoxy) is 2. The van der Waals surface area contributed by atoms with Gasteiger partial charge in [-0.2, -0.15) is 0 Å². The summed E-state index contributed by atoms with van der Waals surface area (Å²) in [6.07, 6.45) is 2.33. The average molecular weight is 700 g/mol. The number of hydrogen-bond donors (Lipinski definition) is 0. The van der Waals surface area contributed by atoms with Gasteiger partial charge in [0.25, 0.3) is 16.8 Å². The topological polar surface area (TPSA) is 119 Å². The Morgan fingerprint density at radius 2 is 1.88 bits per heavy atom. The Kier molecular flexibility index (Phi) is 9.12. The molecule has 1 saturated heterocycles. The lowest BCUT2D eigenvalue weighted by atomic mass is 10.00. The van der Waals surface area contributed by atoms with Crippen LogP contribution in [0.5, 0.6) is 11.5 Å². The monoisotopic (exact) mass is 699 g/mol. The number of carbonyl (C=O) groups excluding carboxylic acids is 3. The normalized spacial score (nSPS) is 15.6. The number of imide groups is 1. The van der Waals surface area contributed by atoms with Gasteiger partial charge in [-0.3, -0.25) is 29.4 Å². The van der Waals surface area contributed by atoms with Crippen LogP contribution in [0.15, 0.2) is 65.6 Å². The van der Waals surface area contributed by atoms with Gasteiger partial charge < -0.3 is 14.4 Å². The summed E-state index contributed by atoms with van der Waals surface area (Å²) in [5, 5.41) is 10.6. The van der Waals surface area contributed by atoms with E-state index in [9.17, 15) is 24.5 Å². The van der Waals surface area contributed by atoms with E-state index in [1.807, 2.05) is 31.2 Å². The number of nitro benzene ring substituents is 1. The summed E-state index contributed by atoms with van der Waals surface area (Å²) in [7, 11) is 0. The molecule has 0 radical (unpaired) electrons. The fourth-order valence-electron chi connectivity index (χ4n) is 4.72. The summed E-state index contributed by atoms with van der Waals surface area (Å²) in [4.78, 5) is 52.5. The van der Waals surface area contributed by atoms with E-state index < -0.39 is 16.1 Å². The van der Waals surface area contributed by atoms with Crippen LogP contribution in [-0.2, 0) is 29.2 Å². The minimum Gasteiger partial charge on any atom is -0.490 e. The third-order valence-corrected chi connectivity index (χ3v) is 8.49. The van der Waals surface area contributed by atoms with E-state index in [0.29, 0.717) is 45.9 Å². The van der Waals surface area contributed by atoms with Crippen LogP contribution in [0.3, 0.4) is 0 Å². The molecule has 10 nitrogen and oxygen atoms in total. The lowest BCUT2D eigenvalue weighted by Crippen LogP contribution is -2.44. The Bertz CT molecular complexity index is 1610. The van der Waals surface area contributed by atoms with E-state index in [4.69, 9.17) is 9.47 Å². The van der Waals surface area contributed by atoms with Crippen molar-refractivity contribution in [1.29, 1.82) is 0 Å². The van der Waals surface area contributed by atoms with Gasteiger partial charge in [-0.05, 0) is 88.2 Å². The van der Waals surface area contributed by atoms with Crippen molar-refractivity contribution in [2.24, 2.45) is 0 Å². The zero-order chi connectivity index (χ0) is 29.8. The predicted molar refractivity (Wildman–Crippen MR) is 166 cm³/mol. The SMILES string of the molecule is CCOc1cc(/C=C2\SC(=O)N(CC(=O)N3CCc4ccccc4C3)C2=O)cc(I)c1OCc1cccc([N+](=O)[O-])c1. The summed E-state index contributed by atoms with van der Waals surface area (Å²) in [6.45, 7) is 2.95. The van der Waals surface area contributed by atoms with Crippen LogP contribution < -0.4 is 9.47 Å². The van der Waals surface area contributed by atoms with Gasteiger partial charge >= 0.3 is 0 Å². The molecule has 0 saturated carbocycles. The number of non-ortho nitro benzene ring substituents is 1. The maximum Gasteiger partial charge on any atom is 0.294 e. The van der Waals surface area contributed by atoms with E-state index in [0.717, 1.165) is 28.6 Å². The smallest absolute Gasteiger partial charge is 0.294 e. The minimum absolute atomic E-state index is 0.0249. The average Bonchev–Trinajstić information content (AvgIpc) is 3.23. The van der Waals surface area contributed by atoms with Crippen LogP contribution >= 0.6 is 34.4 Å². The van der Waals surface area contributed by atoms with Gasteiger partial charge in [-0.15, -0.1) is 0 Å². The van der Waals surface area contributed by atoms with Crippen LogP contribution in [0, 0.1) is 13.7 Å². The highest BCUT2D eigenvalue weighted by Crippen LogP contribution is 2.38. The van der Waals surface area contributed by atoms with Crippen LogP contribution in [0.1, 0.15) is 29.2 Å². The van der Waals surface area contributed by atoms with E-state index in [2.05, 4.69) is 22.6 Å². The number of rotatable bonds is 9. The number of hydrogen-bond acceptors (Lipinski definition) is 8. The third kappa shape index (κ3) is 6.59. The number of benzene rings is 3. The molecule has 5 rings (SSSR count). The first-order chi connectivity index (χ1) is 20.2. The van der Waals surface area contributed by atoms with Crippen molar-refractivity contribution in [3.63, 3.8) is 0 Å². The molecule has 0 aromatic heterocycles. The highest BCUT2D eigenvalue weighted by atomic mass is 127. The van der Waals surface area contributed by atoms with Gasteiger partial charge in [0.2, 0.25) is 5.91 Å². The molecular weight excluding hydrogens is 673 g/mol. The second-order valence-electron chi connectivity index (χ2n) is 9.58. The molecule has 3 amide bonds. The van der Waals surface area contributed by atoms with Crippen LogP contribution in [0.25, 0.3) is 6.08 Å². The molecule has 42 heavy (non-hydrogen) atoms. The molecule has 216 valence electrons. The van der Waals surface area contributed by atoms with E-state index in [-0.39, 0.29) is 29.7 Å². The number of thioether (sulfide) groups is 1. The lowest BCUT2D eigenvalue weighted by molar-refractivity contribution is -0.384. The zero-order valence-corrected chi connectivity index (χ0v) is 25.6. The van der Waals surface area contributed by atoms with Crippen molar-refractivity contribution < 1.29 is 28.8 Å². The van der Waals surface area contributed by atoms with E-state index >= 15 is 0 Å². The minimum atomic E-state index is -0.519. The highest BCUT2D eigenvalue weighted by molar-refractivity contribution is 14.1. The molecule has 0 aliphatic carbocycles. The van der Waals surface area contributed by atoms with Crippen molar-refractivity contribution >= 4 is 63.2 Å². The number of carbonyl (C=O) groups is 3. The van der Waals surface area contributed by atoms with Crippen LogP contribution in [0.2, 0.25) is 0 Å². The Labute approximate surface area is 259 Å². The van der Waals surface area contributed by atoms with Crippen molar-refractivity contribution in [3.05, 3.63) is 102 Å². The first-order valence-electron chi connectivity index (χ1n) is 13.2. The molecule has 3 aromatic carbocycles. The van der Waals surface area contributed by atoms with Crippen molar-refractivity contribution in [1.82, 2.24) is 9.80 Å². The predicted octanol–water partition coefficient (Wildman–Crippen LogP) is 5.80. The molecule has 0 bridgehead atoms. The second-order valence-corrected chi connectivity index (χ2v) is 11.7. The van der Waals surface area contributed by atoms with Gasteiger partial charge in [0, 0.05) is 25.2 Å². The first kappa shape index (κ1) is 29.6. The first-order valence-corrected chi connectivity index (χ1v) is 15.1. The highest BCUT2D eigenvalue weighted by Gasteiger charge is 2.37. The molecule has 2 aliphatic heterocycles. The van der Waals surface area contributed by atoms with Gasteiger partial charge in [0.15, 0.2) is 11.5 Å². The Morgan fingerprint density at radius 3 is 2.64 bits per heavy atom. The maximum absolute atomic E-state index is 13.2. The molecule has 12 heteroatoms. The van der Waals surface area contributed by atoms with Crippen molar-refractivity contribution in [3.8, 4) is 11.5 Å². The summed E-state index contributed by atoms with van der Waals surface area (Å²) < 4.78 is 12.5. The van der Waals surface area contributed by atoms with Gasteiger partial charge in [-0.1, -0.05) is 36.4 Å². The molecule has 2 aliphatic rings. The molecule has 0 N–H and O–H groups in total.